The highest BCUT2D eigenvalue weighted by atomic mass is 16.5. The number of methoxy groups -OCH3 is 1. The topological polar surface area (TPSA) is 26.3 Å². The van der Waals surface area contributed by atoms with Crippen molar-refractivity contribution in [3.63, 3.8) is 0 Å². The van der Waals surface area contributed by atoms with E-state index < -0.39 is 0 Å². The van der Waals surface area contributed by atoms with Crippen molar-refractivity contribution in [2.75, 3.05) is 13.7 Å². The van der Waals surface area contributed by atoms with E-state index in [0.717, 1.165) is 32.0 Å². The fourth-order valence-electron chi connectivity index (χ4n) is 1.02. The van der Waals surface area contributed by atoms with Gasteiger partial charge in [0.2, 0.25) is 0 Å². The van der Waals surface area contributed by atoms with Gasteiger partial charge in [-0.1, -0.05) is 19.8 Å². The number of ether oxygens (including phenoxy) is 1. The number of unbranched alkanes of at least 4 members (excludes halogenated alkanes) is 1. The number of aldehydes is 1. The number of carbonyl (C=O) groups is 1. The molecule has 0 amide bonds. The molecule has 0 fully saturated rings. The number of carbonyl (C=O) groups excluding carboxylic acids is 1. The average molecular weight is 158 g/mol. The Bertz CT molecular complexity index is 83.6. The molecule has 1 atom stereocenters. The van der Waals surface area contributed by atoms with Crippen molar-refractivity contribution in [2.45, 2.75) is 32.6 Å². The highest BCUT2D eigenvalue weighted by Crippen LogP contribution is 2.09. The Labute approximate surface area is 68.9 Å². The number of hydrogen-bond donors (Lipinski definition) is 0. The molecule has 0 bridgehead atoms. The third-order valence-electron chi connectivity index (χ3n) is 1.81. The summed E-state index contributed by atoms with van der Waals surface area (Å²) in [5.74, 6) is 0.218. The van der Waals surface area contributed by atoms with Crippen molar-refractivity contribution in [3.8, 4) is 0 Å². The molecule has 11 heavy (non-hydrogen) atoms. The van der Waals surface area contributed by atoms with Gasteiger partial charge in [-0.25, -0.2) is 0 Å². The van der Waals surface area contributed by atoms with Crippen LogP contribution in [-0.2, 0) is 9.53 Å². The third-order valence-corrected chi connectivity index (χ3v) is 1.81. The lowest BCUT2D eigenvalue weighted by molar-refractivity contribution is -0.111. The third kappa shape index (κ3) is 6.05. The van der Waals surface area contributed by atoms with Gasteiger partial charge in [-0.15, -0.1) is 0 Å². The summed E-state index contributed by atoms with van der Waals surface area (Å²) in [6, 6.07) is 0. The first-order valence-electron chi connectivity index (χ1n) is 4.29. The summed E-state index contributed by atoms with van der Waals surface area (Å²) in [7, 11) is 1.67. The Kier molecular flexibility index (Phi) is 7.47. The summed E-state index contributed by atoms with van der Waals surface area (Å²) in [4.78, 5) is 10.5. The number of hydrogen-bond acceptors (Lipinski definition) is 2. The fourth-order valence-corrected chi connectivity index (χ4v) is 1.02. The van der Waals surface area contributed by atoms with Crippen LogP contribution in [0.4, 0.5) is 0 Å². The summed E-state index contributed by atoms with van der Waals surface area (Å²) >= 11 is 0. The van der Waals surface area contributed by atoms with E-state index in [1.54, 1.807) is 7.11 Å². The Morgan fingerprint density at radius 2 is 2.18 bits per heavy atom. The van der Waals surface area contributed by atoms with Gasteiger partial charge in [-0.2, -0.15) is 0 Å². The molecule has 0 aliphatic carbocycles. The molecule has 0 spiro atoms. The molecule has 2 nitrogen and oxygen atoms in total. The molecule has 0 aliphatic rings. The first-order chi connectivity index (χ1) is 5.35. The maximum atomic E-state index is 10.5. The Hall–Kier alpha value is -0.370. The van der Waals surface area contributed by atoms with E-state index in [0.29, 0.717) is 6.61 Å². The van der Waals surface area contributed by atoms with Crippen molar-refractivity contribution >= 4 is 6.29 Å². The van der Waals surface area contributed by atoms with Gasteiger partial charge in [-0.3, -0.25) is 0 Å². The molecule has 0 saturated heterocycles. The predicted molar refractivity (Wildman–Crippen MR) is 45.6 cm³/mol. The van der Waals surface area contributed by atoms with Crippen molar-refractivity contribution < 1.29 is 9.53 Å². The summed E-state index contributed by atoms with van der Waals surface area (Å²) < 4.78 is 4.90. The second-order valence-corrected chi connectivity index (χ2v) is 2.82. The maximum Gasteiger partial charge on any atom is 0.123 e. The van der Waals surface area contributed by atoms with Gasteiger partial charge in [0, 0.05) is 19.6 Å². The van der Waals surface area contributed by atoms with E-state index in [2.05, 4.69) is 6.92 Å². The van der Waals surface area contributed by atoms with Gasteiger partial charge in [0.25, 0.3) is 0 Å². The minimum atomic E-state index is 0.218. The molecule has 66 valence electrons. The van der Waals surface area contributed by atoms with E-state index >= 15 is 0 Å². The monoisotopic (exact) mass is 158 g/mol. The molecule has 0 aromatic rings. The lowest BCUT2D eigenvalue weighted by Gasteiger charge is -2.07. The van der Waals surface area contributed by atoms with Crippen LogP contribution in [-0.4, -0.2) is 20.0 Å². The van der Waals surface area contributed by atoms with Crippen molar-refractivity contribution in [1.82, 2.24) is 0 Å². The molecular weight excluding hydrogens is 140 g/mol. The first-order valence-corrected chi connectivity index (χ1v) is 4.29. The van der Waals surface area contributed by atoms with Crippen molar-refractivity contribution in [1.29, 1.82) is 0 Å². The first kappa shape index (κ1) is 10.6. The SMILES string of the molecule is CCCC[C@H](C=O)CCOC. The van der Waals surface area contributed by atoms with Crippen LogP contribution in [0, 0.1) is 5.92 Å². The molecule has 0 rings (SSSR count). The Morgan fingerprint density at radius 1 is 1.45 bits per heavy atom. The lowest BCUT2D eigenvalue weighted by atomic mass is 10.0. The Morgan fingerprint density at radius 3 is 2.64 bits per heavy atom. The molecule has 0 unspecified atom stereocenters. The van der Waals surface area contributed by atoms with Crippen molar-refractivity contribution in [2.24, 2.45) is 5.92 Å². The van der Waals surface area contributed by atoms with Crippen LogP contribution < -0.4 is 0 Å². The zero-order valence-electron chi connectivity index (χ0n) is 7.51. The predicted octanol–water partition coefficient (Wildman–Crippen LogP) is 2.03. The van der Waals surface area contributed by atoms with E-state index in [1.165, 1.54) is 0 Å². The smallest absolute Gasteiger partial charge is 0.123 e. The van der Waals surface area contributed by atoms with Gasteiger partial charge in [-0.05, 0) is 12.8 Å². The molecule has 0 aliphatic heterocycles. The summed E-state index contributed by atoms with van der Waals surface area (Å²) in [5, 5.41) is 0. The summed E-state index contributed by atoms with van der Waals surface area (Å²) in [5.41, 5.74) is 0. The molecule has 0 saturated carbocycles. The van der Waals surface area contributed by atoms with Gasteiger partial charge in [0.15, 0.2) is 0 Å². The van der Waals surface area contributed by atoms with Crippen LogP contribution in [0.25, 0.3) is 0 Å². The van der Waals surface area contributed by atoms with Crippen LogP contribution in [0.3, 0.4) is 0 Å². The molecule has 2 heteroatoms. The summed E-state index contributed by atoms with van der Waals surface area (Å²) in [6.45, 7) is 2.84. The molecule has 0 heterocycles. The normalized spacial score (nSPS) is 12.9. The zero-order valence-corrected chi connectivity index (χ0v) is 7.51. The summed E-state index contributed by atoms with van der Waals surface area (Å²) in [6.07, 6.45) is 5.25. The lowest BCUT2D eigenvalue weighted by Crippen LogP contribution is -2.05. The van der Waals surface area contributed by atoms with Gasteiger partial charge in [0.05, 0.1) is 0 Å². The second kappa shape index (κ2) is 7.73. The molecular formula is C9H18O2. The van der Waals surface area contributed by atoms with Crippen LogP contribution in [0.5, 0.6) is 0 Å². The largest absolute Gasteiger partial charge is 0.385 e. The minimum Gasteiger partial charge on any atom is -0.385 e. The van der Waals surface area contributed by atoms with Crippen LogP contribution in [0.1, 0.15) is 32.6 Å². The second-order valence-electron chi connectivity index (χ2n) is 2.82. The fraction of sp³-hybridized carbons (Fsp3) is 0.889. The van der Waals surface area contributed by atoms with Crippen molar-refractivity contribution in [3.05, 3.63) is 0 Å². The number of rotatable bonds is 7. The Balaban J connectivity index is 3.33. The van der Waals surface area contributed by atoms with Gasteiger partial charge in [0.1, 0.15) is 6.29 Å². The molecule has 0 radical (unpaired) electrons. The van der Waals surface area contributed by atoms with Crippen LogP contribution in [0.2, 0.25) is 0 Å². The minimum absolute atomic E-state index is 0.218. The molecule has 0 aromatic carbocycles. The highest BCUT2D eigenvalue weighted by Gasteiger charge is 2.04. The molecule has 0 N–H and O–H groups in total. The van der Waals surface area contributed by atoms with E-state index in [9.17, 15) is 4.79 Å². The van der Waals surface area contributed by atoms with E-state index in [4.69, 9.17) is 4.74 Å². The molecule has 0 aromatic heterocycles. The maximum absolute atomic E-state index is 10.5. The van der Waals surface area contributed by atoms with Crippen LogP contribution in [0.15, 0.2) is 0 Å². The van der Waals surface area contributed by atoms with E-state index in [1.807, 2.05) is 0 Å². The van der Waals surface area contributed by atoms with E-state index in [-0.39, 0.29) is 5.92 Å². The average Bonchev–Trinajstić information content (AvgIpc) is 2.05. The van der Waals surface area contributed by atoms with Gasteiger partial charge < -0.3 is 9.53 Å². The highest BCUT2D eigenvalue weighted by molar-refractivity contribution is 5.53. The quantitative estimate of drug-likeness (QED) is 0.530. The van der Waals surface area contributed by atoms with Gasteiger partial charge >= 0.3 is 0 Å². The zero-order chi connectivity index (χ0) is 8.53. The van der Waals surface area contributed by atoms with Crippen LogP contribution >= 0.6 is 0 Å². The standard InChI is InChI=1S/C9H18O2/c1-3-4-5-9(8-10)6-7-11-2/h8-9H,3-7H2,1-2H3/t9-/m0/s1.